The maximum atomic E-state index is 11.5. The van der Waals surface area contributed by atoms with Gasteiger partial charge in [0.2, 0.25) is 5.91 Å². The summed E-state index contributed by atoms with van der Waals surface area (Å²) < 4.78 is 0. The smallest absolute Gasteiger partial charge is 0.303 e. The van der Waals surface area contributed by atoms with Crippen LogP contribution in [-0.4, -0.2) is 35.0 Å². The molecule has 80 valence electrons. The van der Waals surface area contributed by atoms with Crippen molar-refractivity contribution in [2.75, 3.05) is 7.05 Å². The van der Waals surface area contributed by atoms with Crippen LogP contribution in [0.15, 0.2) is 0 Å². The monoisotopic (exact) mass is 199 g/mol. The molecule has 0 aliphatic heterocycles. The van der Waals surface area contributed by atoms with Crippen LogP contribution in [0.25, 0.3) is 0 Å². The van der Waals surface area contributed by atoms with Crippen molar-refractivity contribution in [3.05, 3.63) is 0 Å². The zero-order chi connectivity index (χ0) is 10.6. The molecule has 4 heteroatoms. The predicted octanol–water partition coefficient (Wildman–Crippen LogP) is 1.25. The van der Waals surface area contributed by atoms with Gasteiger partial charge >= 0.3 is 5.97 Å². The Bertz CT molecular complexity index is 223. The Hall–Kier alpha value is -1.06. The zero-order valence-electron chi connectivity index (χ0n) is 8.53. The number of carboxylic acids is 1. The summed E-state index contributed by atoms with van der Waals surface area (Å²) in [4.78, 5) is 23.5. The quantitative estimate of drug-likeness (QED) is 0.725. The summed E-state index contributed by atoms with van der Waals surface area (Å²) in [7, 11) is 1.81. The number of rotatable bonds is 5. The van der Waals surface area contributed by atoms with Gasteiger partial charge in [0.05, 0.1) is 0 Å². The van der Waals surface area contributed by atoms with Crippen molar-refractivity contribution in [2.45, 2.75) is 44.6 Å². The molecule has 1 N–H and O–H groups in total. The topological polar surface area (TPSA) is 57.6 Å². The van der Waals surface area contributed by atoms with Crippen LogP contribution >= 0.6 is 0 Å². The zero-order valence-corrected chi connectivity index (χ0v) is 8.53. The highest BCUT2D eigenvalue weighted by molar-refractivity contribution is 5.77. The molecular formula is C10H17NO3. The first kappa shape index (κ1) is 11.0. The van der Waals surface area contributed by atoms with Gasteiger partial charge in [-0.05, 0) is 25.7 Å². The first-order valence-corrected chi connectivity index (χ1v) is 5.08. The second-order valence-corrected chi connectivity index (χ2v) is 3.84. The van der Waals surface area contributed by atoms with Gasteiger partial charge in [0, 0.05) is 25.9 Å². The van der Waals surface area contributed by atoms with E-state index in [1.165, 1.54) is 6.42 Å². The fourth-order valence-electron chi connectivity index (χ4n) is 1.54. The minimum Gasteiger partial charge on any atom is -0.481 e. The Morgan fingerprint density at radius 3 is 2.43 bits per heavy atom. The fourth-order valence-corrected chi connectivity index (χ4v) is 1.54. The standard InChI is InChI=1S/C10H17NO3/c1-11(8-4-2-5-8)9(12)6-3-7-10(13)14/h8H,2-7H2,1H3,(H,13,14). The van der Waals surface area contributed by atoms with Gasteiger partial charge in [-0.1, -0.05) is 0 Å². The number of hydrogen-bond donors (Lipinski definition) is 1. The van der Waals surface area contributed by atoms with Crippen molar-refractivity contribution in [3.8, 4) is 0 Å². The summed E-state index contributed by atoms with van der Waals surface area (Å²) in [5, 5.41) is 8.41. The molecule has 0 heterocycles. The average Bonchev–Trinajstić information content (AvgIpc) is 2.00. The van der Waals surface area contributed by atoms with Gasteiger partial charge in [-0.25, -0.2) is 0 Å². The second-order valence-electron chi connectivity index (χ2n) is 3.84. The molecule has 1 amide bonds. The Morgan fingerprint density at radius 2 is 2.00 bits per heavy atom. The lowest BCUT2D eigenvalue weighted by molar-refractivity contribution is -0.137. The molecule has 0 radical (unpaired) electrons. The van der Waals surface area contributed by atoms with Gasteiger partial charge in [-0.3, -0.25) is 9.59 Å². The molecule has 0 spiro atoms. The largest absolute Gasteiger partial charge is 0.481 e. The number of carbonyl (C=O) groups excluding carboxylic acids is 1. The molecular weight excluding hydrogens is 182 g/mol. The molecule has 0 aromatic carbocycles. The number of nitrogens with zero attached hydrogens (tertiary/aromatic N) is 1. The Morgan fingerprint density at radius 1 is 1.36 bits per heavy atom. The molecule has 14 heavy (non-hydrogen) atoms. The Balaban J connectivity index is 2.16. The van der Waals surface area contributed by atoms with Crippen molar-refractivity contribution in [1.82, 2.24) is 4.90 Å². The number of aliphatic carboxylic acids is 1. The van der Waals surface area contributed by atoms with E-state index in [1.807, 2.05) is 7.05 Å². The minimum absolute atomic E-state index is 0.0796. The van der Waals surface area contributed by atoms with Gasteiger partial charge < -0.3 is 10.0 Å². The number of carboxylic acid groups (broad SMARTS) is 1. The highest BCUT2D eigenvalue weighted by Crippen LogP contribution is 2.24. The normalized spacial score (nSPS) is 16.1. The summed E-state index contributed by atoms with van der Waals surface area (Å²) in [6.45, 7) is 0. The molecule has 1 rings (SSSR count). The molecule has 1 aliphatic rings. The molecule has 0 atom stereocenters. The van der Waals surface area contributed by atoms with Gasteiger partial charge in [0.15, 0.2) is 0 Å². The lowest BCUT2D eigenvalue weighted by atomic mass is 9.91. The van der Waals surface area contributed by atoms with Crippen LogP contribution in [0.1, 0.15) is 38.5 Å². The molecule has 0 aromatic heterocycles. The van der Waals surface area contributed by atoms with Crippen LogP contribution < -0.4 is 0 Å². The van der Waals surface area contributed by atoms with E-state index in [-0.39, 0.29) is 12.3 Å². The molecule has 1 fully saturated rings. The van der Waals surface area contributed by atoms with Crippen molar-refractivity contribution in [1.29, 1.82) is 0 Å². The van der Waals surface area contributed by atoms with E-state index in [4.69, 9.17) is 5.11 Å². The summed E-state index contributed by atoms with van der Waals surface area (Å²) in [5.74, 6) is -0.750. The molecule has 1 saturated carbocycles. The van der Waals surface area contributed by atoms with E-state index < -0.39 is 5.97 Å². The lowest BCUT2D eigenvalue weighted by Gasteiger charge is -2.34. The second kappa shape index (κ2) is 4.98. The van der Waals surface area contributed by atoms with E-state index in [9.17, 15) is 9.59 Å². The summed E-state index contributed by atoms with van der Waals surface area (Å²) in [6, 6.07) is 0.410. The number of carbonyl (C=O) groups is 2. The first-order chi connectivity index (χ1) is 6.61. The maximum absolute atomic E-state index is 11.5. The van der Waals surface area contributed by atoms with Gasteiger partial charge in [0.25, 0.3) is 0 Å². The Kier molecular flexibility index (Phi) is 3.92. The van der Waals surface area contributed by atoms with Gasteiger partial charge in [0.1, 0.15) is 0 Å². The molecule has 0 unspecified atom stereocenters. The fraction of sp³-hybridized carbons (Fsp3) is 0.800. The summed E-state index contributed by atoms with van der Waals surface area (Å²) in [6.07, 6.45) is 4.30. The van der Waals surface area contributed by atoms with Crippen LogP contribution in [0.4, 0.5) is 0 Å². The van der Waals surface area contributed by atoms with Gasteiger partial charge in [-0.2, -0.15) is 0 Å². The van der Waals surface area contributed by atoms with Crippen molar-refractivity contribution < 1.29 is 14.7 Å². The SMILES string of the molecule is CN(C(=O)CCCC(=O)O)C1CCC1. The third-order valence-corrected chi connectivity index (χ3v) is 2.80. The van der Waals surface area contributed by atoms with E-state index in [2.05, 4.69) is 0 Å². The van der Waals surface area contributed by atoms with Crippen LogP contribution in [0.2, 0.25) is 0 Å². The van der Waals surface area contributed by atoms with Crippen molar-refractivity contribution in [3.63, 3.8) is 0 Å². The lowest BCUT2D eigenvalue weighted by Crippen LogP contribution is -2.41. The number of hydrogen-bond acceptors (Lipinski definition) is 2. The molecule has 1 aliphatic carbocycles. The summed E-state index contributed by atoms with van der Waals surface area (Å²) >= 11 is 0. The maximum Gasteiger partial charge on any atom is 0.303 e. The minimum atomic E-state index is -0.830. The van der Waals surface area contributed by atoms with Crippen molar-refractivity contribution in [2.24, 2.45) is 0 Å². The van der Waals surface area contributed by atoms with Crippen LogP contribution in [0.5, 0.6) is 0 Å². The highest BCUT2D eigenvalue weighted by Gasteiger charge is 2.24. The summed E-state index contributed by atoms with van der Waals surface area (Å²) in [5.41, 5.74) is 0. The van der Waals surface area contributed by atoms with Crippen LogP contribution in [0.3, 0.4) is 0 Å². The third kappa shape index (κ3) is 3.01. The molecule has 0 bridgehead atoms. The third-order valence-electron chi connectivity index (χ3n) is 2.80. The molecule has 0 saturated heterocycles. The van der Waals surface area contributed by atoms with E-state index in [0.29, 0.717) is 18.9 Å². The highest BCUT2D eigenvalue weighted by atomic mass is 16.4. The van der Waals surface area contributed by atoms with E-state index in [1.54, 1.807) is 4.90 Å². The predicted molar refractivity (Wildman–Crippen MR) is 51.9 cm³/mol. The number of amides is 1. The van der Waals surface area contributed by atoms with Gasteiger partial charge in [-0.15, -0.1) is 0 Å². The molecule has 0 aromatic rings. The van der Waals surface area contributed by atoms with Crippen LogP contribution in [0, 0.1) is 0 Å². The van der Waals surface area contributed by atoms with E-state index in [0.717, 1.165) is 12.8 Å². The molecule has 4 nitrogen and oxygen atoms in total. The Labute approximate surface area is 83.9 Å². The van der Waals surface area contributed by atoms with Crippen molar-refractivity contribution >= 4 is 11.9 Å². The first-order valence-electron chi connectivity index (χ1n) is 5.08. The van der Waals surface area contributed by atoms with E-state index >= 15 is 0 Å². The average molecular weight is 199 g/mol. The van der Waals surface area contributed by atoms with Crippen LogP contribution in [-0.2, 0) is 9.59 Å².